The molecule has 2 unspecified atom stereocenters. The number of aromatic nitrogens is 4. The molecule has 0 bridgehead atoms. The Hall–Kier alpha value is -2.97. The van der Waals surface area contributed by atoms with Gasteiger partial charge in [0.05, 0.1) is 23.1 Å². The van der Waals surface area contributed by atoms with Crippen LogP contribution in [0, 0.1) is 0 Å². The Balaban J connectivity index is 1.74. The van der Waals surface area contributed by atoms with Gasteiger partial charge < -0.3 is 0 Å². The fourth-order valence-corrected chi connectivity index (χ4v) is 7.02. The maximum absolute atomic E-state index is 14.3. The molecule has 2 atom stereocenters. The van der Waals surface area contributed by atoms with Crippen LogP contribution >= 0.6 is 15.9 Å². The van der Waals surface area contributed by atoms with Gasteiger partial charge >= 0.3 is 0 Å². The van der Waals surface area contributed by atoms with Crippen LogP contribution in [0.4, 0.5) is 0 Å². The van der Waals surface area contributed by atoms with Gasteiger partial charge in [0.1, 0.15) is 4.75 Å². The van der Waals surface area contributed by atoms with Crippen molar-refractivity contribution in [2.24, 2.45) is 0 Å². The summed E-state index contributed by atoms with van der Waals surface area (Å²) in [4.78, 5) is 4.15. The third kappa shape index (κ3) is 3.01. The summed E-state index contributed by atoms with van der Waals surface area (Å²) in [6.07, 6.45) is 10.4. The van der Waals surface area contributed by atoms with Crippen molar-refractivity contribution in [3.63, 3.8) is 0 Å². The SMILES string of the molecule is CC1=CC(Br)=CC(c2ccnn2-c2ccccc2)C1(C)S(=O)(=O)n1ccc2ccncc21. The van der Waals surface area contributed by atoms with E-state index >= 15 is 0 Å². The zero-order valence-corrected chi connectivity index (χ0v) is 20.0. The van der Waals surface area contributed by atoms with E-state index in [9.17, 15) is 8.42 Å². The van der Waals surface area contributed by atoms with E-state index in [4.69, 9.17) is 0 Å². The minimum Gasteiger partial charge on any atom is -0.262 e. The fourth-order valence-electron chi connectivity index (χ4n) is 4.39. The van der Waals surface area contributed by atoms with Gasteiger partial charge in [-0.05, 0) is 55.8 Å². The average molecular weight is 509 g/mol. The molecule has 3 aromatic heterocycles. The molecule has 0 fully saturated rings. The van der Waals surface area contributed by atoms with Crippen LogP contribution in [-0.4, -0.2) is 31.9 Å². The van der Waals surface area contributed by atoms with Crippen molar-refractivity contribution in [3.8, 4) is 5.69 Å². The summed E-state index contributed by atoms with van der Waals surface area (Å²) >= 11 is 3.59. The molecular formula is C24H21BrN4O2S. The van der Waals surface area contributed by atoms with Crippen molar-refractivity contribution in [1.82, 2.24) is 18.7 Å². The highest BCUT2D eigenvalue weighted by Crippen LogP contribution is 2.47. The molecule has 162 valence electrons. The van der Waals surface area contributed by atoms with Crippen LogP contribution in [0.5, 0.6) is 0 Å². The monoisotopic (exact) mass is 508 g/mol. The molecule has 0 radical (unpaired) electrons. The number of halogens is 1. The third-order valence-electron chi connectivity index (χ3n) is 6.30. The molecule has 8 heteroatoms. The first-order valence-corrected chi connectivity index (χ1v) is 12.4. The average Bonchev–Trinajstić information content (AvgIpc) is 3.44. The number of fused-ring (bicyclic) bond motifs is 1. The van der Waals surface area contributed by atoms with Gasteiger partial charge in [0.2, 0.25) is 10.0 Å². The van der Waals surface area contributed by atoms with Gasteiger partial charge in [-0.1, -0.05) is 40.2 Å². The minimum absolute atomic E-state index is 0.483. The summed E-state index contributed by atoms with van der Waals surface area (Å²) in [5.41, 5.74) is 2.97. The first-order valence-electron chi connectivity index (χ1n) is 10.2. The van der Waals surface area contributed by atoms with E-state index in [-0.39, 0.29) is 0 Å². The number of hydrogen-bond acceptors (Lipinski definition) is 4. The number of pyridine rings is 1. The van der Waals surface area contributed by atoms with Crippen molar-refractivity contribution in [3.05, 3.63) is 101 Å². The second-order valence-electron chi connectivity index (χ2n) is 8.02. The lowest BCUT2D eigenvalue weighted by Gasteiger charge is -2.39. The van der Waals surface area contributed by atoms with Crippen LogP contribution in [-0.2, 0) is 10.0 Å². The summed E-state index contributed by atoms with van der Waals surface area (Å²) < 4.78 is 31.3. The van der Waals surface area contributed by atoms with E-state index in [1.807, 2.05) is 66.2 Å². The number of rotatable bonds is 4. The highest BCUT2D eigenvalue weighted by atomic mass is 79.9. The van der Waals surface area contributed by atoms with Crippen LogP contribution in [0.15, 0.2) is 95.5 Å². The smallest absolute Gasteiger partial charge is 0.249 e. The molecular weight excluding hydrogens is 488 g/mol. The third-order valence-corrected chi connectivity index (χ3v) is 9.28. The van der Waals surface area contributed by atoms with E-state index in [1.54, 1.807) is 37.8 Å². The van der Waals surface area contributed by atoms with Gasteiger partial charge in [-0.25, -0.2) is 17.1 Å². The van der Waals surface area contributed by atoms with Crippen molar-refractivity contribution in [2.45, 2.75) is 24.5 Å². The number of allylic oxidation sites excluding steroid dienone is 3. The predicted octanol–water partition coefficient (Wildman–Crippen LogP) is 5.18. The van der Waals surface area contributed by atoms with E-state index in [0.717, 1.165) is 26.8 Å². The predicted molar refractivity (Wildman–Crippen MR) is 130 cm³/mol. The topological polar surface area (TPSA) is 69.8 Å². The molecule has 1 aliphatic rings. The number of hydrogen-bond donors (Lipinski definition) is 0. The summed E-state index contributed by atoms with van der Waals surface area (Å²) in [6, 6.07) is 15.2. The van der Waals surface area contributed by atoms with Gasteiger partial charge in [-0.3, -0.25) is 4.98 Å². The lowest BCUT2D eigenvalue weighted by molar-refractivity contribution is 0.516. The van der Waals surface area contributed by atoms with Crippen molar-refractivity contribution < 1.29 is 8.42 Å². The van der Waals surface area contributed by atoms with Gasteiger partial charge in [-0.15, -0.1) is 0 Å². The molecule has 32 heavy (non-hydrogen) atoms. The van der Waals surface area contributed by atoms with Crippen LogP contribution in [0.2, 0.25) is 0 Å². The molecule has 5 rings (SSSR count). The molecule has 4 aromatic rings. The molecule has 0 amide bonds. The molecule has 0 saturated heterocycles. The van der Waals surface area contributed by atoms with Gasteiger partial charge in [0, 0.05) is 34.4 Å². The Bertz CT molecular complexity index is 1480. The minimum atomic E-state index is -3.89. The number of para-hydroxylation sites is 1. The first kappa shape index (κ1) is 20.9. The van der Waals surface area contributed by atoms with Crippen LogP contribution in [0.25, 0.3) is 16.6 Å². The zero-order valence-electron chi connectivity index (χ0n) is 17.6. The summed E-state index contributed by atoms with van der Waals surface area (Å²) in [6.45, 7) is 3.66. The van der Waals surface area contributed by atoms with Crippen LogP contribution < -0.4 is 0 Å². The largest absolute Gasteiger partial charge is 0.262 e. The lowest BCUT2D eigenvalue weighted by atomic mass is 9.81. The molecule has 1 aliphatic carbocycles. The Morgan fingerprint density at radius 3 is 2.62 bits per heavy atom. The van der Waals surface area contributed by atoms with E-state index in [0.29, 0.717) is 5.52 Å². The molecule has 0 saturated carbocycles. The maximum Gasteiger partial charge on any atom is 0.249 e. The lowest BCUT2D eigenvalue weighted by Crippen LogP contribution is -2.46. The maximum atomic E-state index is 14.3. The van der Waals surface area contributed by atoms with Crippen molar-refractivity contribution in [1.29, 1.82) is 0 Å². The van der Waals surface area contributed by atoms with Crippen LogP contribution in [0.1, 0.15) is 25.5 Å². The number of nitrogens with zero attached hydrogens (tertiary/aromatic N) is 4. The number of benzene rings is 1. The fraction of sp³-hybridized carbons (Fsp3) is 0.167. The highest BCUT2D eigenvalue weighted by Gasteiger charge is 2.51. The zero-order chi connectivity index (χ0) is 22.5. The normalized spacial score (nSPS) is 21.4. The van der Waals surface area contributed by atoms with Gasteiger partial charge in [0.15, 0.2) is 0 Å². The van der Waals surface area contributed by atoms with Gasteiger partial charge in [0.25, 0.3) is 0 Å². The molecule has 0 N–H and O–H groups in total. The van der Waals surface area contributed by atoms with Crippen molar-refractivity contribution in [2.75, 3.05) is 0 Å². The Morgan fingerprint density at radius 2 is 1.84 bits per heavy atom. The van der Waals surface area contributed by atoms with Crippen molar-refractivity contribution >= 4 is 36.9 Å². The van der Waals surface area contributed by atoms with E-state index in [2.05, 4.69) is 26.0 Å². The quantitative estimate of drug-likeness (QED) is 0.380. The first-order chi connectivity index (χ1) is 15.3. The summed E-state index contributed by atoms with van der Waals surface area (Å²) in [7, 11) is -3.89. The summed E-state index contributed by atoms with van der Waals surface area (Å²) in [5, 5.41) is 5.34. The van der Waals surface area contributed by atoms with E-state index < -0.39 is 20.7 Å². The van der Waals surface area contributed by atoms with Gasteiger partial charge in [-0.2, -0.15) is 5.10 Å². The molecule has 1 aromatic carbocycles. The molecule has 6 nitrogen and oxygen atoms in total. The van der Waals surface area contributed by atoms with Crippen LogP contribution in [0.3, 0.4) is 0 Å². The second kappa shape index (κ2) is 7.56. The van der Waals surface area contributed by atoms with E-state index in [1.165, 1.54) is 3.97 Å². The molecule has 0 aliphatic heterocycles. The Labute approximate surface area is 195 Å². The highest BCUT2D eigenvalue weighted by molar-refractivity contribution is 9.11. The summed E-state index contributed by atoms with van der Waals surface area (Å²) in [5.74, 6) is -0.483. The standard InChI is InChI=1S/C24H21BrN4O2S/c1-17-14-19(25)15-21(22-9-12-27-29(22)20-6-4-3-5-7-20)24(17,2)32(30,31)28-13-10-18-8-11-26-16-23(18)28/h3-16,21H,1-2H3. The Kier molecular flexibility index (Phi) is 4.94. The molecule has 3 heterocycles. The second-order valence-corrected chi connectivity index (χ2v) is 11.1. The molecule has 0 spiro atoms. The Morgan fingerprint density at radius 1 is 1.06 bits per heavy atom.